The van der Waals surface area contributed by atoms with Crippen LogP contribution >= 0.6 is 11.3 Å². The van der Waals surface area contributed by atoms with Gasteiger partial charge < -0.3 is 0 Å². The summed E-state index contributed by atoms with van der Waals surface area (Å²) < 4.78 is 24.6. The Morgan fingerprint density at radius 3 is 2.44 bits per heavy atom. The highest BCUT2D eigenvalue weighted by molar-refractivity contribution is 7.90. The van der Waals surface area contributed by atoms with Crippen molar-refractivity contribution in [1.82, 2.24) is 0 Å². The number of sulfone groups is 1. The highest BCUT2D eigenvalue weighted by atomic mass is 32.2. The molecule has 3 nitrogen and oxygen atoms in total. The van der Waals surface area contributed by atoms with Crippen LogP contribution in [0.2, 0.25) is 0 Å². The summed E-state index contributed by atoms with van der Waals surface area (Å²) in [5, 5.41) is 2.00. The summed E-state index contributed by atoms with van der Waals surface area (Å²) in [6, 6.07) is 7.00. The van der Waals surface area contributed by atoms with E-state index in [1.165, 1.54) is 6.26 Å². The number of rotatable bonds is 3. The van der Waals surface area contributed by atoms with Crippen molar-refractivity contribution < 1.29 is 13.0 Å². The minimum Gasteiger partial charge on any atom is -0.224 e. The summed E-state index contributed by atoms with van der Waals surface area (Å²) in [4.78, 5) is 0.367. The van der Waals surface area contributed by atoms with E-state index in [1.807, 2.05) is 29.2 Å². The topological polar surface area (TPSA) is 38.0 Å². The summed E-state index contributed by atoms with van der Waals surface area (Å²) in [5.74, 6) is 0. The molecule has 0 aliphatic heterocycles. The number of nitrogens with zero attached hydrogens (tertiary/aromatic N) is 1. The predicted molar refractivity (Wildman–Crippen MR) is 63.2 cm³/mol. The van der Waals surface area contributed by atoms with Gasteiger partial charge in [-0.3, -0.25) is 0 Å². The van der Waals surface area contributed by atoms with Crippen LogP contribution in [0.3, 0.4) is 0 Å². The predicted octanol–water partition coefficient (Wildman–Crippen LogP) is 1.49. The number of benzene rings is 1. The summed E-state index contributed by atoms with van der Waals surface area (Å²) >= 11 is 1.63. The van der Waals surface area contributed by atoms with Gasteiger partial charge in [0.25, 0.3) is 0 Å². The third-order valence-corrected chi connectivity index (χ3v) is 4.04. The lowest BCUT2D eigenvalue weighted by molar-refractivity contribution is -0.683. The van der Waals surface area contributed by atoms with Crippen LogP contribution in [-0.4, -0.2) is 14.7 Å². The van der Waals surface area contributed by atoms with Gasteiger partial charge in [-0.2, -0.15) is 4.57 Å². The fourth-order valence-electron chi connectivity index (χ4n) is 1.40. The van der Waals surface area contributed by atoms with E-state index in [2.05, 4.69) is 4.57 Å². The molecule has 2 aromatic rings. The Morgan fingerprint density at radius 1 is 1.25 bits per heavy atom. The molecule has 0 saturated carbocycles. The zero-order valence-electron chi connectivity index (χ0n) is 8.83. The molecule has 16 heavy (non-hydrogen) atoms. The summed E-state index contributed by atoms with van der Waals surface area (Å²) in [5.41, 5.74) is 3.11. The molecular formula is C11H12NO2S2+. The van der Waals surface area contributed by atoms with Crippen molar-refractivity contribution in [1.29, 1.82) is 0 Å². The van der Waals surface area contributed by atoms with Gasteiger partial charge in [0.2, 0.25) is 5.51 Å². The van der Waals surface area contributed by atoms with E-state index in [0.29, 0.717) is 4.90 Å². The molecule has 1 aromatic heterocycles. The van der Waals surface area contributed by atoms with Crippen molar-refractivity contribution in [2.24, 2.45) is 0 Å². The monoisotopic (exact) mass is 254 g/mol. The zero-order valence-corrected chi connectivity index (χ0v) is 10.5. The lowest BCUT2D eigenvalue weighted by Gasteiger charge is -1.99. The fourth-order valence-corrected chi connectivity index (χ4v) is 2.63. The van der Waals surface area contributed by atoms with Gasteiger partial charge in [0.15, 0.2) is 22.6 Å². The van der Waals surface area contributed by atoms with Crippen molar-refractivity contribution in [2.75, 3.05) is 6.26 Å². The molecule has 0 fully saturated rings. The molecular weight excluding hydrogens is 242 g/mol. The normalized spacial score (nSPS) is 11.6. The van der Waals surface area contributed by atoms with Crippen LogP contribution in [0.25, 0.3) is 0 Å². The Hall–Kier alpha value is -1.20. The number of hydrogen-bond donors (Lipinski definition) is 0. The molecule has 0 bridgehead atoms. The minimum atomic E-state index is -3.09. The van der Waals surface area contributed by atoms with E-state index in [1.54, 1.807) is 23.5 Å². The first-order chi connectivity index (χ1) is 7.55. The largest absolute Gasteiger partial charge is 0.224 e. The van der Waals surface area contributed by atoms with Crippen LogP contribution in [0.4, 0.5) is 0 Å². The average Bonchev–Trinajstić information content (AvgIpc) is 2.70. The Balaban J connectivity index is 2.20. The SMILES string of the molecule is CS(=O)(=O)c1ccc(C[n+]2ccsc2)cc1. The van der Waals surface area contributed by atoms with Gasteiger partial charge in [0.05, 0.1) is 10.3 Å². The first kappa shape index (κ1) is 11.3. The number of hydrogen-bond acceptors (Lipinski definition) is 3. The van der Waals surface area contributed by atoms with Gasteiger partial charge in [-0.05, 0) is 12.1 Å². The quantitative estimate of drug-likeness (QED) is 0.778. The lowest BCUT2D eigenvalue weighted by atomic mass is 10.2. The van der Waals surface area contributed by atoms with Crippen molar-refractivity contribution >= 4 is 21.2 Å². The molecule has 0 N–H and O–H groups in total. The smallest absolute Gasteiger partial charge is 0.224 e. The van der Waals surface area contributed by atoms with Crippen LogP contribution in [-0.2, 0) is 16.4 Å². The molecule has 0 saturated heterocycles. The van der Waals surface area contributed by atoms with Gasteiger partial charge in [-0.1, -0.05) is 23.5 Å². The maximum atomic E-state index is 11.3. The van der Waals surface area contributed by atoms with Gasteiger partial charge in [-0.25, -0.2) is 8.42 Å². The molecule has 1 heterocycles. The Labute approximate surface area is 98.9 Å². The van der Waals surface area contributed by atoms with Crippen LogP contribution in [0.15, 0.2) is 46.2 Å². The Morgan fingerprint density at radius 2 is 1.94 bits per heavy atom. The van der Waals surface area contributed by atoms with E-state index in [-0.39, 0.29) is 0 Å². The van der Waals surface area contributed by atoms with E-state index in [0.717, 1.165) is 12.1 Å². The van der Waals surface area contributed by atoms with E-state index in [4.69, 9.17) is 0 Å². The van der Waals surface area contributed by atoms with Crippen LogP contribution in [0.5, 0.6) is 0 Å². The molecule has 0 spiro atoms. The molecule has 0 radical (unpaired) electrons. The summed E-state index contributed by atoms with van der Waals surface area (Å²) in [7, 11) is -3.09. The average molecular weight is 254 g/mol. The standard InChI is InChI=1S/C11H12NO2S2/c1-16(13,14)11-4-2-10(3-5-11)8-12-6-7-15-9-12/h2-7,9H,8H2,1H3/q+1. The van der Waals surface area contributed by atoms with E-state index >= 15 is 0 Å². The molecule has 0 unspecified atom stereocenters. The Bertz CT molecular complexity index is 557. The Kier molecular flexibility index (Phi) is 3.07. The highest BCUT2D eigenvalue weighted by Crippen LogP contribution is 2.10. The number of aromatic nitrogens is 1. The second-order valence-corrected chi connectivity index (χ2v) is 6.39. The van der Waals surface area contributed by atoms with Crippen LogP contribution in [0.1, 0.15) is 5.56 Å². The maximum Gasteiger partial charge on any atom is 0.224 e. The summed E-state index contributed by atoms with van der Waals surface area (Å²) in [6.07, 6.45) is 3.21. The molecule has 0 aliphatic carbocycles. The maximum absolute atomic E-state index is 11.3. The first-order valence-electron chi connectivity index (χ1n) is 4.76. The van der Waals surface area contributed by atoms with Crippen LogP contribution in [0, 0.1) is 0 Å². The zero-order chi connectivity index (χ0) is 11.6. The molecule has 0 atom stereocenters. The van der Waals surface area contributed by atoms with E-state index < -0.39 is 9.84 Å². The van der Waals surface area contributed by atoms with Crippen molar-refractivity contribution in [2.45, 2.75) is 11.4 Å². The minimum absolute atomic E-state index is 0.367. The molecule has 0 amide bonds. The van der Waals surface area contributed by atoms with Crippen molar-refractivity contribution in [3.8, 4) is 0 Å². The molecule has 5 heteroatoms. The van der Waals surface area contributed by atoms with Crippen molar-refractivity contribution in [3.05, 3.63) is 46.9 Å². The van der Waals surface area contributed by atoms with Gasteiger partial charge in [-0.15, -0.1) is 0 Å². The van der Waals surface area contributed by atoms with Gasteiger partial charge >= 0.3 is 0 Å². The third-order valence-electron chi connectivity index (χ3n) is 2.24. The second kappa shape index (κ2) is 4.35. The third kappa shape index (κ3) is 2.68. The molecule has 1 aromatic carbocycles. The molecule has 2 rings (SSSR count). The summed E-state index contributed by atoms with van der Waals surface area (Å²) in [6.45, 7) is 0.771. The fraction of sp³-hybridized carbons (Fsp3) is 0.182. The first-order valence-corrected chi connectivity index (χ1v) is 7.59. The highest BCUT2D eigenvalue weighted by Gasteiger charge is 2.07. The van der Waals surface area contributed by atoms with E-state index in [9.17, 15) is 8.42 Å². The number of thiazole rings is 1. The van der Waals surface area contributed by atoms with Crippen molar-refractivity contribution in [3.63, 3.8) is 0 Å². The lowest BCUT2D eigenvalue weighted by Crippen LogP contribution is -2.30. The molecule has 0 aliphatic rings. The van der Waals surface area contributed by atoms with Gasteiger partial charge in [0, 0.05) is 11.8 Å². The van der Waals surface area contributed by atoms with Crippen LogP contribution < -0.4 is 4.57 Å². The van der Waals surface area contributed by atoms with Gasteiger partial charge in [0.1, 0.15) is 0 Å². The second-order valence-electron chi connectivity index (χ2n) is 3.62. The molecule has 84 valence electrons.